The van der Waals surface area contributed by atoms with Gasteiger partial charge in [0.15, 0.2) is 0 Å². The number of hydrogen-bond donors (Lipinski definition) is 0. The van der Waals surface area contributed by atoms with Gasteiger partial charge in [0.25, 0.3) is 5.92 Å². The van der Waals surface area contributed by atoms with E-state index in [0.29, 0.717) is 0 Å². The maximum absolute atomic E-state index is 12.4. The lowest BCUT2D eigenvalue weighted by molar-refractivity contribution is 0.0368. The first-order valence-electron chi connectivity index (χ1n) is 3.74. The molecule has 12 heavy (non-hydrogen) atoms. The van der Waals surface area contributed by atoms with Crippen molar-refractivity contribution >= 4 is 9.73 Å². The van der Waals surface area contributed by atoms with Crippen molar-refractivity contribution in [2.75, 3.05) is 11.5 Å². The molecule has 2 nitrogen and oxygen atoms in total. The molecule has 1 saturated heterocycles. The predicted molar refractivity (Wildman–Crippen MR) is 45.0 cm³/mol. The Morgan fingerprint density at radius 1 is 1.33 bits per heavy atom. The van der Waals surface area contributed by atoms with Crippen LogP contribution in [0.4, 0.5) is 8.78 Å². The summed E-state index contributed by atoms with van der Waals surface area (Å²) < 4.78 is 40.1. The van der Waals surface area contributed by atoms with Crippen LogP contribution in [0, 0.1) is 0 Å². The SMILES string of the molecule is CC(C)(C)N=S1(=O)CC(F)(F)C1. The molecule has 1 rings (SSSR count). The maximum Gasteiger partial charge on any atom is 0.272 e. The van der Waals surface area contributed by atoms with Crippen LogP contribution in [0.1, 0.15) is 20.8 Å². The van der Waals surface area contributed by atoms with Crippen molar-refractivity contribution in [3.8, 4) is 0 Å². The lowest BCUT2D eigenvalue weighted by atomic mass is 10.1. The van der Waals surface area contributed by atoms with Gasteiger partial charge in [-0.05, 0) is 20.8 Å². The van der Waals surface area contributed by atoms with E-state index < -0.39 is 32.7 Å². The minimum Gasteiger partial charge on any atom is -0.249 e. The molecule has 1 aliphatic heterocycles. The van der Waals surface area contributed by atoms with Gasteiger partial charge >= 0.3 is 0 Å². The second-order valence-electron chi connectivity index (χ2n) is 4.18. The van der Waals surface area contributed by atoms with Crippen LogP contribution >= 0.6 is 0 Å². The molecule has 0 atom stereocenters. The fourth-order valence-corrected chi connectivity index (χ4v) is 3.54. The van der Waals surface area contributed by atoms with E-state index >= 15 is 0 Å². The molecule has 1 heterocycles. The second kappa shape index (κ2) is 2.40. The maximum atomic E-state index is 12.4. The van der Waals surface area contributed by atoms with Gasteiger partial charge < -0.3 is 0 Å². The third-order valence-electron chi connectivity index (χ3n) is 1.31. The molecule has 0 aromatic rings. The van der Waals surface area contributed by atoms with Crippen molar-refractivity contribution in [1.29, 1.82) is 0 Å². The Labute approximate surface area is 71.5 Å². The van der Waals surface area contributed by atoms with E-state index in [-0.39, 0.29) is 0 Å². The van der Waals surface area contributed by atoms with Crippen LogP contribution in [0.15, 0.2) is 4.36 Å². The van der Waals surface area contributed by atoms with Gasteiger partial charge in [0.1, 0.15) is 0 Å². The Bertz CT molecular complexity index is 283. The Morgan fingerprint density at radius 2 is 1.75 bits per heavy atom. The van der Waals surface area contributed by atoms with E-state index in [1.54, 1.807) is 20.8 Å². The molecule has 1 fully saturated rings. The molecule has 1 aliphatic rings. The summed E-state index contributed by atoms with van der Waals surface area (Å²) in [5.41, 5.74) is -0.479. The molecular weight excluding hydrogens is 184 g/mol. The summed E-state index contributed by atoms with van der Waals surface area (Å²) in [4.78, 5) is 0. The zero-order valence-electron chi connectivity index (χ0n) is 7.43. The van der Waals surface area contributed by atoms with E-state index in [1.807, 2.05) is 0 Å². The molecule has 0 radical (unpaired) electrons. The van der Waals surface area contributed by atoms with Crippen molar-refractivity contribution < 1.29 is 13.0 Å². The van der Waals surface area contributed by atoms with Gasteiger partial charge in [0.2, 0.25) is 0 Å². The summed E-state index contributed by atoms with van der Waals surface area (Å²) in [5.74, 6) is -3.86. The van der Waals surface area contributed by atoms with Crippen molar-refractivity contribution in [3.05, 3.63) is 0 Å². The third-order valence-corrected chi connectivity index (χ3v) is 3.94. The molecule has 0 aromatic carbocycles. The van der Waals surface area contributed by atoms with E-state index in [1.165, 1.54) is 0 Å². The molecule has 72 valence electrons. The van der Waals surface area contributed by atoms with Crippen molar-refractivity contribution in [1.82, 2.24) is 0 Å². The van der Waals surface area contributed by atoms with Gasteiger partial charge in [-0.2, -0.15) is 0 Å². The number of rotatable bonds is 0. The fraction of sp³-hybridized carbons (Fsp3) is 1.00. The molecule has 0 bridgehead atoms. The van der Waals surface area contributed by atoms with E-state index in [9.17, 15) is 13.0 Å². The second-order valence-corrected chi connectivity index (χ2v) is 6.48. The molecule has 0 saturated carbocycles. The Hall–Kier alpha value is -0.190. The standard InChI is InChI=1S/C7H13F2NOS/c1-6(2,3)10-12(11)4-7(8,9)5-12/h4-5H2,1-3H3. The number of hydrogen-bond acceptors (Lipinski definition) is 2. The van der Waals surface area contributed by atoms with Crippen molar-refractivity contribution in [2.24, 2.45) is 4.36 Å². The van der Waals surface area contributed by atoms with Gasteiger partial charge in [-0.25, -0.2) is 17.4 Å². The van der Waals surface area contributed by atoms with Gasteiger partial charge in [-0.15, -0.1) is 0 Å². The topological polar surface area (TPSA) is 29.4 Å². The lowest BCUT2D eigenvalue weighted by Crippen LogP contribution is -2.48. The summed E-state index contributed by atoms with van der Waals surface area (Å²) in [6.45, 7) is 5.28. The summed E-state index contributed by atoms with van der Waals surface area (Å²) in [6.07, 6.45) is 0. The highest BCUT2D eigenvalue weighted by Crippen LogP contribution is 2.32. The molecular formula is C7H13F2NOS. The summed E-state index contributed by atoms with van der Waals surface area (Å²) >= 11 is 0. The summed E-state index contributed by atoms with van der Waals surface area (Å²) in [7, 11) is -2.58. The summed E-state index contributed by atoms with van der Waals surface area (Å²) in [5, 5.41) is 0. The van der Waals surface area contributed by atoms with Crippen LogP contribution in [0.3, 0.4) is 0 Å². The third kappa shape index (κ3) is 2.40. The number of alkyl halides is 2. The van der Waals surface area contributed by atoms with Crippen LogP contribution in [0.2, 0.25) is 0 Å². The molecule has 0 aliphatic carbocycles. The molecule has 5 heteroatoms. The average molecular weight is 197 g/mol. The molecule has 0 aromatic heterocycles. The first kappa shape index (κ1) is 9.89. The number of halogens is 2. The molecule has 0 N–H and O–H groups in total. The van der Waals surface area contributed by atoms with Gasteiger partial charge in [-0.3, -0.25) is 0 Å². The molecule has 0 amide bonds. The molecule has 0 unspecified atom stereocenters. The van der Waals surface area contributed by atoms with E-state index in [2.05, 4.69) is 4.36 Å². The van der Waals surface area contributed by atoms with Crippen LogP contribution in [-0.4, -0.2) is 27.2 Å². The highest BCUT2D eigenvalue weighted by molar-refractivity contribution is 7.95. The zero-order chi connectivity index (χ0) is 9.62. The van der Waals surface area contributed by atoms with Gasteiger partial charge in [0, 0.05) is 0 Å². The highest BCUT2D eigenvalue weighted by atomic mass is 32.2. The Balaban J connectivity index is 2.81. The van der Waals surface area contributed by atoms with E-state index in [0.717, 1.165) is 0 Å². The minimum absolute atomic E-state index is 0.479. The van der Waals surface area contributed by atoms with Gasteiger partial charge in [-0.1, -0.05) is 0 Å². The van der Waals surface area contributed by atoms with Crippen LogP contribution in [-0.2, 0) is 9.73 Å². The number of nitrogens with zero attached hydrogens (tertiary/aromatic N) is 1. The minimum atomic E-state index is -2.74. The quantitative estimate of drug-likeness (QED) is 0.583. The Morgan fingerprint density at radius 3 is 2.00 bits per heavy atom. The molecule has 0 spiro atoms. The highest BCUT2D eigenvalue weighted by Gasteiger charge is 2.48. The lowest BCUT2D eigenvalue weighted by Gasteiger charge is -2.31. The Kier molecular flexibility index (Phi) is 1.98. The normalized spacial score (nSPS) is 26.1. The average Bonchev–Trinajstić information content (AvgIpc) is 1.48. The van der Waals surface area contributed by atoms with Crippen molar-refractivity contribution in [2.45, 2.75) is 32.2 Å². The summed E-state index contributed by atoms with van der Waals surface area (Å²) in [6, 6.07) is 0. The predicted octanol–water partition coefficient (Wildman–Crippen LogP) is 1.90. The smallest absolute Gasteiger partial charge is 0.249 e. The monoisotopic (exact) mass is 197 g/mol. The van der Waals surface area contributed by atoms with Crippen LogP contribution in [0.5, 0.6) is 0 Å². The first-order valence-corrected chi connectivity index (χ1v) is 5.59. The van der Waals surface area contributed by atoms with Crippen LogP contribution < -0.4 is 0 Å². The largest absolute Gasteiger partial charge is 0.272 e. The fourth-order valence-electron chi connectivity index (χ4n) is 1.18. The van der Waals surface area contributed by atoms with Gasteiger partial charge in [0.05, 0.1) is 26.8 Å². The zero-order valence-corrected chi connectivity index (χ0v) is 8.25. The van der Waals surface area contributed by atoms with Crippen LogP contribution in [0.25, 0.3) is 0 Å². The van der Waals surface area contributed by atoms with E-state index in [4.69, 9.17) is 0 Å². The van der Waals surface area contributed by atoms with Crippen molar-refractivity contribution in [3.63, 3.8) is 0 Å². The first-order chi connectivity index (χ1) is 5.12.